The molecule has 0 fully saturated rings. The fraction of sp³-hybridized carbons (Fsp3) is 0.222. The summed E-state index contributed by atoms with van der Waals surface area (Å²) in [5.74, 6) is -1.65. The molecule has 0 aromatic heterocycles. The van der Waals surface area contributed by atoms with E-state index in [-0.39, 0.29) is 0 Å². The summed E-state index contributed by atoms with van der Waals surface area (Å²) in [5, 5.41) is 0.452. The van der Waals surface area contributed by atoms with Crippen LogP contribution in [-0.4, -0.2) is 26.5 Å². The Morgan fingerprint density at radius 3 is 2.46 bits per heavy atom. The number of halogens is 2. The lowest BCUT2D eigenvalue weighted by molar-refractivity contribution is -0.143. The Labute approximate surface area is 153 Å². The highest BCUT2D eigenvalue weighted by molar-refractivity contribution is 9.10. The molecule has 2 atom stereocenters. The monoisotopic (exact) mass is 410 g/mol. The van der Waals surface area contributed by atoms with Crippen molar-refractivity contribution in [3.05, 3.63) is 63.1 Å². The number of hydrogen-bond donors (Lipinski definition) is 0. The Morgan fingerprint density at radius 1 is 1.17 bits per heavy atom. The first-order valence-electron chi connectivity index (χ1n) is 7.14. The maximum atomic E-state index is 12.4. The van der Waals surface area contributed by atoms with Crippen molar-refractivity contribution < 1.29 is 19.1 Å². The van der Waals surface area contributed by atoms with Crippen molar-refractivity contribution in [3.63, 3.8) is 0 Å². The van der Waals surface area contributed by atoms with E-state index in [4.69, 9.17) is 21.1 Å². The summed E-state index contributed by atoms with van der Waals surface area (Å²) in [6.07, 6.45) is 0.717. The molecule has 2 aromatic rings. The van der Waals surface area contributed by atoms with Crippen LogP contribution in [0.4, 0.5) is 0 Å². The van der Waals surface area contributed by atoms with Gasteiger partial charge >= 0.3 is 5.97 Å². The van der Waals surface area contributed by atoms with Gasteiger partial charge in [-0.1, -0.05) is 45.7 Å². The third-order valence-corrected chi connectivity index (χ3v) is 4.71. The molecule has 0 saturated carbocycles. The van der Waals surface area contributed by atoms with Crippen LogP contribution in [0.15, 0.2) is 46.9 Å². The van der Waals surface area contributed by atoms with E-state index in [2.05, 4.69) is 15.9 Å². The van der Waals surface area contributed by atoms with Crippen LogP contribution in [0.1, 0.15) is 23.0 Å². The van der Waals surface area contributed by atoms with Crippen molar-refractivity contribution in [1.29, 1.82) is 0 Å². The van der Waals surface area contributed by atoms with Gasteiger partial charge in [-0.2, -0.15) is 0 Å². The number of rotatable bonds is 6. The van der Waals surface area contributed by atoms with E-state index in [9.17, 15) is 9.59 Å². The number of methoxy groups -OCH3 is 2. The van der Waals surface area contributed by atoms with Gasteiger partial charge in [0.15, 0.2) is 0 Å². The van der Waals surface area contributed by atoms with Gasteiger partial charge in [0, 0.05) is 15.1 Å². The highest BCUT2D eigenvalue weighted by Gasteiger charge is 2.35. The van der Waals surface area contributed by atoms with E-state index < -0.39 is 17.8 Å². The first kappa shape index (κ1) is 18.5. The number of aldehydes is 1. The zero-order chi connectivity index (χ0) is 17.7. The molecule has 0 aliphatic heterocycles. The molecule has 6 heteroatoms. The molecule has 0 aliphatic carbocycles. The number of esters is 1. The van der Waals surface area contributed by atoms with E-state index >= 15 is 0 Å². The van der Waals surface area contributed by atoms with Gasteiger partial charge < -0.3 is 14.3 Å². The molecule has 4 nitrogen and oxygen atoms in total. The molecular weight excluding hydrogens is 396 g/mol. The maximum absolute atomic E-state index is 12.4. The van der Waals surface area contributed by atoms with E-state index in [1.54, 1.807) is 30.3 Å². The minimum absolute atomic E-state index is 0.452. The second-order valence-corrected chi connectivity index (χ2v) is 6.36. The molecule has 0 aliphatic rings. The Bertz CT molecular complexity index is 748. The molecular formula is C18H16BrClO4. The van der Waals surface area contributed by atoms with Crippen LogP contribution < -0.4 is 4.74 Å². The minimum atomic E-state index is -0.824. The predicted octanol–water partition coefficient (Wildman–Crippen LogP) is 4.35. The average Bonchev–Trinajstić information content (AvgIpc) is 2.60. The van der Waals surface area contributed by atoms with Crippen molar-refractivity contribution in [3.8, 4) is 5.75 Å². The molecule has 0 bridgehead atoms. The molecule has 24 heavy (non-hydrogen) atoms. The zero-order valence-corrected chi connectivity index (χ0v) is 15.5. The second kappa shape index (κ2) is 8.31. The van der Waals surface area contributed by atoms with Gasteiger partial charge in [0.05, 0.1) is 26.1 Å². The standard InChI is InChI=1S/C18H16BrClO4/c1-23-16-8-7-11(20)9-13(16)14(10-21)17(18(22)24-2)12-5-3-4-6-15(12)19/h3-10,14,17H,1-2H3/t14-,17-/m1/s1. The van der Waals surface area contributed by atoms with Crippen LogP contribution in [0.25, 0.3) is 0 Å². The minimum Gasteiger partial charge on any atom is -0.496 e. The van der Waals surface area contributed by atoms with Crippen molar-refractivity contribution in [1.82, 2.24) is 0 Å². The van der Waals surface area contributed by atoms with Crippen LogP contribution in [0.5, 0.6) is 5.75 Å². The fourth-order valence-corrected chi connectivity index (χ4v) is 3.33. The topological polar surface area (TPSA) is 52.6 Å². The Hall–Kier alpha value is -1.85. The highest BCUT2D eigenvalue weighted by Crippen LogP contribution is 2.40. The normalized spacial score (nSPS) is 13.0. The van der Waals surface area contributed by atoms with Gasteiger partial charge in [0.1, 0.15) is 12.0 Å². The van der Waals surface area contributed by atoms with Crippen molar-refractivity contribution in [2.24, 2.45) is 0 Å². The van der Waals surface area contributed by atoms with Crippen LogP contribution >= 0.6 is 27.5 Å². The summed E-state index contributed by atoms with van der Waals surface area (Å²) in [5.41, 5.74) is 1.19. The Balaban J connectivity index is 2.63. The molecule has 0 radical (unpaired) electrons. The number of carbonyl (C=O) groups is 2. The summed E-state index contributed by atoms with van der Waals surface area (Å²) in [6.45, 7) is 0. The molecule has 2 aromatic carbocycles. The van der Waals surface area contributed by atoms with Gasteiger partial charge in [-0.05, 0) is 29.8 Å². The zero-order valence-electron chi connectivity index (χ0n) is 13.2. The molecule has 0 spiro atoms. The SMILES string of the molecule is COC(=O)[C@H](c1ccccc1Br)[C@H](C=O)c1cc(Cl)ccc1OC. The molecule has 0 heterocycles. The van der Waals surface area contributed by atoms with Crippen LogP contribution in [0, 0.1) is 0 Å². The lowest BCUT2D eigenvalue weighted by atomic mass is 9.82. The van der Waals surface area contributed by atoms with E-state index in [1.165, 1.54) is 14.2 Å². The van der Waals surface area contributed by atoms with Gasteiger partial charge in [-0.15, -0.1) is 0 Å². The molecule has 0 saturated heterocycles. The van der Waals surface area contributed by atoms with Gasteiger partial charge in [0.25, 0.3) is 0 Å². The number of ether oxygens (including phenoxy) is 2. The van der Waals surface area contributed by atoms with Gasteiger partial charge in [0.2, 0.25) is 0 Å². The Kier molecular flexibility index (Phi) is 6.40. The van der Waals surface area contributed by atoms with E-state index in [1.807, 2.05) is 12.1 Å². The number of benzene rings is 2. The lowest BCUT2D eigenvalue weighted by Crippen LogP contribution is -2.23. The van der Waals surface area contributed by atoms with Gasteiger partial charge in [-0.25, -0.2) is 0 Å². The molecule has 0 amide bonds. The first-order valence-corrected chi connectivity index (χ1v) is 8.31. The summed E-state index contributed by atoms with van der Waals surface area (Å²) in [4.78, 5) is 24.4. The van der Waals surface area contributed by atoms with Gasteiger partial charge in [-0.3, -0.25) is 4.79 Å². The largest absolute Gasteiger partial charge is 0.496 e. The summed E-state index contributed by atoms with van der Waals surface area (Å²) >= 11 is 9.51. The van der Waals surface area contributed by atoms with Crippen LogP contribution in [0.2, 0.25) is 5.02 Å². The lowest BCUT2D eigenvalue weighted by Gasteiger charge is -2.24. The molecule has 126 valence electrons. The second-order valence-electron chi connectivity index (χ2n) is 5.07. The summed E-state index contributed by atoms with van der Waals surface area (Å²) in [7, 11) is 2.80. The molecule has 2 rings (SSSR count). The van der Waals surface area contributed by atoms with Crippen molar-refractivity contribution >= 4 is 39.8 Å². The molecule has 0 unspecified atom stereocenters. The Morgan fingerprint density at radius 2 is 1.88 bits per heavy atom. The third-order valence-electron chi connectivity index (χ3n) is 3.75. The van der Waals surface area contributed by atoms with Crippen molar-refractivity contribution in [2.75, 3.05) is 14.2 Å². The first-order chi connectivity index (χ1) is 11.5. The average molecular weight is 412 g/mol. The van der Waals surface area contributed by atoms with E-state index in [0.29, 0.717) is 26.4 Å². The summed E-state index contributed by atoms with van der Waals surface area (Å²) < 4.78 is 11.0. The van der Waals surface area contributed by atoms with Crippen LogP contribution in [-0.2, 0) is 14.3 Å². The summed E-state index contributed by atoms with van der Waals surface area (Å²) in [6, 6.07) is 12.2. The number of hydrogen-bond acceptors (Lipinski definition) is 4. The van der Waals surface area contributed by atoms with E-state index in [0.717, 1.165) is 6.29 Å². The third kappa shape index (κ3) is 3.79. The fourth-order valence-electron chi connectivity index (χ4n) is 2.62. The molecule has 0 N–H and O–H groups in total. The van der Waals surface area contributed by atoms with Crippen molar-refractivity contribution in [2.45, 2.75) is 11.8 Å². The predicted molar refractivity (Wildman–Crippen MR) is 95.7 cm³/mol. The highest BCUT2D eigenvalue weighted by atomic mass is 79.9. The quantitative estimate of drug-likeness (QED) is 0.524. The maximum Gasteiger partial charge on any atom is 0.314 e. The smallest absolute Gasteiger partial charge is 0.314 e. The van der Waals surface area contributed by atoms with Crippen LogP contribution in [0.3, 0.4) is 0 Å². The number of carbonyl (C=O) groups excluding carboxylic acids is 2.